The summed E-state index contributed by atoms with van der Waals surface area (Å²) in [5.41, 5.74) is 0.0423. The number of carbonyl (C=O) groups excluding carboxylic acids is 2. The molecule has 4 rings (SSSR count). The first-order valence-corrected chi connectivity index (χ1v) is 8.91. The molecule has 1 fully saturated rings. The van der Waals surface area contributed by atoms with Crippen molar-refractivity contribution < 1.29 is 9.59 Å². The summed E-state index contributed by atoms with van der Waals surface area (Å²) in [6.45, 7) is 6.66. The fourth-order valence-corrected chi connectivity index (χ4v) is 3.91. The summed E-state index contributed by atoms with van der Waals surface area (Å²) in [5, 5.41) is 0. The van der Waals surface area contributed by atoms with E-state index in [4.69, 9.17) is 0 Å². The molecule has 136 valence electrons. The molecule has 2 aliphatic rings. The van der Waals surface area contributed by atoms with Gasteiger partial charge in [0, 0.05) is 26.1 Å². The Hall–Kier alpha value is -2.89. The van der Waals surface area contributed by atoms with Crippen LogP contribution in [0.1, 0.15) is 36.8 Å². The van der Waals surface area contributed by atoms with Crippen LogP contribution in [0.25, 0.3) is 0 Å². The number of benzene rings is 1. The van der Waals surface area contributed by atoms with Gasteiger partial charge in [0.05, 0.1) is 6.54 Å². The summed E-state index contributed by atoms with van der Waals surface area (Å²) >= 11 is 0. The quantitative estimate of drug-likeness (QED) is 0.788. The molecule has 3 heterocycles. The molecule has 0 saturated carbocycles. The van der Waals surface area contributed by atoms with E-state index in [0.717, 1.165) is 5.56 Å². The summed E-state index contributed by atoms with van der Waals surface area (Å²) in [6, 6.07) is 14.2. The van der Waals surface area contributed by atoms with Crippen LogP contribution in [-0.2, 0) is 17.0 Å². The van der Waals surface area contributed by atoms with Crippen molar-refractivity contribution in [2.45, 2.75) is 33.0 Å². The summed E-state index contributed by atoms with van der Waals surface area (Å²) in [4.78, 5) is 41.1. The molecule has 0 N–H and O–H groups in total. The Balaban J connectivity index is 0.000000948. The van der Waals surface area contributed by atoms with Gasteiger partial charge in [0.25, 0.3) is 11.5 Å². The first-order chi connectivity index (χ1) is 12.6. The fourth-order valence-electron chi connectivity index (χ4n) is 3.91. The highest BCUT2D eigenvalue weighted by Crippen LogP contribution is 2.41. The van der Waals surface area contributed by atoms with Crippen LogP contribution in [0.2, 0.25) is 0 Å². The topological polar surface area (TPSA) is 62.6 Å². The van der Waals surface area contributed by atoms with Crippen LogP contribution in [0.3, 0.4) is 0 Å². The minimum atomic E-state index is -0.942. The van der Waals surface area contributed by atoms with E-state index in [1.54, 1.807) is 21.9 Å². The predicted molar refractivity (Wildman–Crippen MR) is 98.6 cm³/mol. The third-order valence-corrected chi connectivity index (χ3v) is 4.95. The second-order valence-electron chi connectivity index (χ2n) is 6.15. The maximum Gasteiger partial charge on any atom is 0.272 e. The van der Waals surface area contributed by atoms with Crippen molar-refractivity contribution in [2.24, 2.45) is 0 Å². The summed E-state index contributed by atoms with van der Waals surface area (Å²) in [5.74, 6) is -0.326. The number of rotatable bonds is 1. The molecule has 1 unspecified atom stereocenters. The summed E-state index contributed by atoms with van der Waals surface area (Å²) in [7, 11) is 0. The second kappa shape index (κ2) is 6.78. The van der Waals surface area contributed by atoms with E-state index in [0.29, 0.717) is 18.8 Å². The van der Waals surface area contributed by atoms with Crippen molar-refractivity contribution in [1.82, 2.24) is 14.4 Å². The first kappa shape index (κ1) is 17.9. The predicted octanol–water partition coefficient (Wildman–Crippen LogP) is 2.05. The normalized spacial score (nSPS) is 20.8. The molecule has 1 atom stereocenters. The lowest BCUT2D eigenvalue weighted by Gasteiger charge is -2.47. The number of hydrogen-bond donors (Lipinski definition) is 0. The van der Waals surface area contributed by atoms with Gasteiger partial charge in [-0.2, -0.15) is 0 Å². The van der Waals surface area contributed by atoms with E-state index in [-0.39, 0.29) is 23.9 Å². The Labute approximate surface area is 152 Å². The van der Waals surface area contributed by atoms with Crippen LogP contribution in [0.15, 0.2) is 53.3 Å². The number of carbonyl (C=O) groups is 2. The largest absolute Gasteiger partial charge is 0.312 e. The van der Waals surface area contributed by atoms with Crippen LogP contribution in [0.5, 0.6) is 0 Å². The van der Waals surface area contributed by atoms with E-state index >= 15 is 0 Å². The zero-order valence-electron chi connectivity index (χ0n) is 15.3. The SMILES string of the molecule is CC.CC(=O)N1CCN2C(=O)c3cccc(=O)n3CC12c1ccccc1. The first-order valence-electron chi connectivity index (χ1n) is 8.91. The lowest BCUT2D eigenvalue weighted by Crippen LogP contribution is -2.61. The molecule has 1 aromatic carbocycles. The van der Waals surface area contributed by atoms with E-state index in [1.807, 2.05) is 44.2 Å². The standard InChI is InChI=1S/C18H17N3O3.C2H6/c1-13(22)20-10-11-21-17(24)15-8-5-9-16(23)19(15)12-18(20,21)14-6-3-2-4-7-14;1-2/h2-9H,10-12H2,1H3;1-2H3. The minimum absolute atomic E-state index is 0.110. The van der Waals surface area contributed by atoms with E-state index in [9.17, 15) is 14.4 Å². The van der Waals surface area contributed by atoms with Gasteiger partial charge in [-0.15, -0.1) is 0 Å². The molecule has 1 saturated heterocycles. The lowest BCUT2D eigenvalue weighted by atomic mass is 9.93. The van der Waals surface area contributed by atoms with Crippen LogP contribution in [-0.4, -0.2) is 39.3 Å². The Morgan fingerprint density at radius 3 is 2.31 bits per heavy atom. The highest BCUT2D eigenvalue weighted by atomic mass is 16.2. The zero-order chi connectivity index (χ0) is 18.9. The lowest BCUT2D eigenvalue weighted by molar-refractivity contribution is -0.138. The summed E-state index contributed by atoms with van der Waals surface area (Å²) < 4.78 is 1.48. The number of pyridine rings is 1. The molecule has 0 bridgehead atoms. The fraction of sp³-hybridized carbons (Fsp3) is 0.350. The van der Waals surface area contributed by atoms with Gasteiger partial charge >= 0.3 is 0 Å². The molecule has 0 radical (unpaired) electrons. The van der Waals surface area contributed by atoms with Crippen LogP contribution in [0, 0.1) is 0 Å². The molecule has 6 nitrogen and oxygen atoms in total. The van der Waals surface area contributed by atoms with Crippen molar-refractivity contribution in [3.8, 4) is 0 Å². The van der Waals surface area contributed by atoms with Crippen LogP contribution < -0.4 is 5.56 Å². The molecule has 2 amide bonds. The Bertz CT molecular complexity index is 891. The molecule has 2 aromatic rings. The van der Waals surface area contributed by atoms with Gasteiger partial charge in [-0.1, -0.05) is 50.2 Å². The van der Waals surface area contributed by atoms with Gasteiger partial charge in [-0.25, -0.2) is 0 Å². The maximum atomic E-state index is 13.0. The molecule has 1 aromatic heterocycles. The van der Waals surface area contributed by atoms with Crippen molar-refractivity contribution in [1.29, 1.82) is 0 Å². The van der Waals surface area contributed by atoms with E-state index in [2.05, 4.69) is 0 Å². The molecule has 26 heavy (non-hydrogen) atoms. The van der Waals surface area contributed by atoms with Crippen molar-refractivity contribution in [3.63, 3.8) is 0 Å². The average molecular weight is 353 g/mol. The number of aromatic nitrogens is 1. The molecule has 0 aliphatic carbocycles. The maximum absolute atomic E-state index is 13.0. The van der Waals surface area contributed by atoms with Crippen LogP contribution in [0.4, 0.5) is 0 Å². The van der Waals surface area contributed by atoms with E-state index in [1.165, 1.54) is 17.6 Å². The number of amides is 2. The highest BCUT2D eigenvalue weighted by molar-refractivity contribution is 5.95. The van der Waals surface area contributed by atoms with Gasteiger partial charge in [-0.05, 0) is 11.6 Å². The monoisotopic (exact) mass is 353 g/mol. The third-order valence-electron chi connectivity index (χ3n) is 4.95. The van der Waals surface area contributed by atoms with Crippen molar-refractivity contribution >= 4 is 11.8 Å². The van der Waals surface area contributed by atoms with Gasteiger partial charge < -0.3 is 9.80 Å². The zero-order valence-corrected chi connectivity index (χ0v) is 15.3. The van der Waals surface area contributed by atoms with Gasteiger partial charge in [0.15, 0.2) is 5.66 Å². The smallest absolute Gasteiger partial charge is 0.272 e. The second-order valence-corrected chi connectivity index (χ2v) is 6.15. The number of fused-ring (bicyclic) bond motifs is 2. The number of nitrogens with zero attached hydrogens (tertiary/aromatic N) is 3. The Kier molecular flexibility index (Phi) is 4.68. The minimum Gasteiger partial charge on any atom is -0.312 e. The highest BCUT2D eigenvalue weighted by Gasteiger charge is 2.55. The molecular weight excluding hydrogens is 330 g/mol. The van der Waals surface area contributed by atoms with Crippen LogP contribution >= 0.6 is 0 Å². The molecule has 2 aliphatic heterocycles. The summed E-state index contributed by atoms with van der Waals surface area (Å²) in [6.07, 6.45) is 0. The third kappa shape index (κ3) is 2.44. The Morgan fingerprint density at radius 2 is 1.65 bits per heavy atom. The Morgan fingerprint density at radius 1 is 0.962 bits per heavy atom. The van der Waals surface area contributed by atoms with Crippen molar-refractivity contribution in [3.05, 3.63) is 70.1 Å². The van der Waals surface area contributed by atoms with Gasteiger partial charge in [0.1, 0.15) is 5.69 Å². The number of hydrogen-bond acceptors (Lipinski definition) is 3. The molecular formula is C20H23N3O3. The van der Waals surface area contributed by atoms with Crippen molar-refractivity contribution in [2.75, 3.05) is 13.1 Å². The van der Waals surface area contributed by atoms with Gasteiger partial charge in [-0.3, -0.25) is 19.0 Å². The van der Waals surface area contributed by atoms with Gasteiger partial charge in [0.2, 0.25) is 5.91 Å². The molecule has 0 spiro atoms. The average Bonchev–Trinajstić information content (AvgIpc) is 3.06. The van der Waals surface area contributed by atoms with E-state index < -0.39 is 5.66 Å². The molecule has 6 heteroatoms.